The van der Waals surface area contributed by atoms with Crippen LogP contribution in [0.3, 0.4) is 0 Å². The first kappa shape index (κ1) is 27.3. The number of ether oxygens (including phenoxy) is 1. The Kier molecular flexibility index (Phi) is 9.73. The Morgan fingerprint density at radius 3 is 2.32 bits per heavy atom. The van der Waals surface area contributed by atoms with E-state index in [1.54, 1.807) is 29.2 Å². The molecule has 8 heteroatoms. The van der Waals surface area contributed by atoms with Crippen molar-refractivity contribution in [3.8, 4) is 5.75 Å². The molecule has 1 fully saturated rings. The van der Waals surface area contributed by atoms with Gasteiger partial charge >= 0.3 is 0 Å². The van der Waals surface area contributed by atoms with Gasteiger partial charge in [-0.25, -0.2) is 0 Å². The van der Waals surface area contributed by atoms with Crippen LogP contribution in [0.5, 0.6) is 5.75 Å². The van der Waals surface area contributed by atoms with Crippen LogP contribution < -0.4 is 10.1 Å². The number of nitrogens with zero attached hydrogens (tertiary/aromatic N) is 1. The normalized spacial score (nSPS) is 14.2. The van der Waals surface area contributed by atoms with Gasteiger partial charge in [0.25, 0.3) is 5.91 Å². The van der Waals surface area contributed by atoms with E-state index < -0.39 is 6.04 Å². The number of carbonyl (C=O) groups excluding carboxylic acids is 2. The van der Waals surface area contributed by atoms with Crippen molar-refractivity contribution < 1.29 is 14.3 Å². The second-order valence-electron chi connectivity index (χ2n) is 9.17. The van der Waals surface area contributed by atoms with Crippen molar-refractivity contribution in [3.63, 3.8) is 0 Å². The zero-order chi connectivity index (χ0) is 26.2. The molecule has 0 bridgehead atoms. The Bertz CT molecular complexity index is 1220. The number of nitrogens with one attached hydrogen (secondary N) is 1. The molecule has 3 aromatic carbocycles. The van der Waals surface area contributed by atoms with Crippen LogP contribution in [0.4, 0.5) is 0 Å². The highest BCUT2D eigenvalue weighted by Crippen LogP contribution is 2.28. The Labute approximate surface area is 232 Å². The van der Waals surface area contributed by atoms with Crippen molar-refractivity contribution in [2.45, 2.75) is 50.7 Å². The summed E-state index contributed by atoms with van der Waals surface area (Å²) in [5, 5.41) is 4.48. The Morgan fingerprint density at radius 1 is 0.919 bits per heavy atom. The van der Waals surface area contributed by atoms with Crippen molar-refractivity contribution in [1.29, 1.82) is 0 Å². The second kappa shape index (κ2) is 13.2. The standard InChI is InChI=1S/C29H29Cl3N2O3/c30-22-14-15-27(25(32)17-22)37-19-28(35)34(18-21-10-4-7-13-24(21)31)26(16-20-8-2-1-3-9-20)29(36)33-23-11-5-6-12-23/h1-4,7-10,13-15,17,23,26H,5-6,11-12,16,18-19H2,(H,33,36)/t26-/m0/s1. The molecule has 0 saturated heterocycles. The lowest BCUT2D eigenvalue weighted by Crippen LogP contribution is -2.53. The van der Waals surface area contributed by atoms with E-state index in [1.807, 2.05) is 48.5 Å². The molecule has 37 heavy (non-hydrogen) atoms. The lowest BCUT2D eigenvalue weighted by molar-refractivity contribution is -0.143. The Balaban J connectivity index is 1.63. The van der Waals surface area contributed by atoms with E-state index in [9.17, 15) is 9.59 Å². The summed E-state index contributed by atoms with van der Waals surface area (Å²) >= 11 is 18.7. The van der Waals surface area contributed by atoms with E-state index in [4.69, 9.17) is 39.5 Å². The average molecular weight is 560 g/mol. The fourth-order valence-electron chi connectivity index (χ4n) is 4.55. The molecule has 0 unspecified atom stereocenters. The summed E-state index contributed by atoms with van der Waals surface area (Å²) in [6.45, 7) is -0.139. The minimum absolute atomic E-state index is 0.118. The van der Waals surface area contributed by atoms with E-state index in [1.165, 1.54) is 0 Å². The molecule has 5 nitrogen and oxygen atoms in total. The third kappa shape index (κ3) is 7.64. The highest BCUT2D eigenvalue weighted by molar-refractivity contribution is 6.35. The fourth-order valence-corrected chi connectivity index (χ4v) is 5.20. The number of carbonyl (C=O) groups is 2. The number of rotatable bonds is 10. The zero-order valence-corrected chi connectivity index (χ0v) is 22.6. The quantitative estimate of drug-likeness (QED) is 0.300. The molecule has 1 N–H and O–H groups in total. The van der Waals surface area contributed by atoms with E-state index in [0.29, 0.717) is 27.2 Å². The SMILES string of the molecule is O=C(NC1CCCC1)[C@H](Cc1ccccc1)N(Cc1ccccc1Cl)C(=O)COc1ccc(Cl)cc1Cl. The van der Waals surface area contributed by atoms with Gasteiger partial charge in [-0.1, -0.05) is 96.2 Å². The van der Waals surface area contributed by atoms with Gasteiger partial charge < -0.3 is 15.0 Å². The van der Waals surface area contributed by atoms with Crippen LogP contribution in [0.2, 0.25) is 15.1 Å². The molecule has 3 aromatic rings. The molecule has 194 valence electrons. The predicted molar refractivity (Wildman–Crippen MR) is 148 cm³/mol. The molecule has 1 aliphatic carbocycles. The third-order valence-corrected chi connectivity index (χ3v) is 7.42. The molecular weight excluding hydrogens is 531 g/mol. The fraction of sp³-hybridized carbons (Fsp3) is 0.310. The first-order valence-electron chi connectivity index (χ1n) is 12.4. The maximum atomic E-state index is 13.7. The van der Waals surface area contributed by atoms with Gasteiger partial charge in [-0.05, 0) is 48.2 Å². The number of hydrogen-bond donors (Lipinski definition) is 1. The van der Waals surface area contributed by atoms with E-state index in [0.717, 1.165) is 36.8 Å². The predicted octanol–water partition coefficient (Wildman–Crippen LogP) is 6.72. The van der Waals surface area contributed by atoms with Crippen molar-refractivity contribution in [3.05, 3.63) is 99.0 Å². The van der Waals surface area contributed by atoms with Crippen LogP contribution in [-0.4, -0.2) is 35.4 Å². The summed E-state index contributed by atoms with van der Waals surface area (Å²) in [6.07, 6.45) is 4.43. The van der Waals surface area contributed by atoms with Crippen molar-refractivity contribution in [2.24, 2.45) is 0 Å². The summed E-state index contributed by atoms with van der Waals surface area (Å²) in [7, 11) is 0. The van der Waals surface area contributed by atoms with Gasteiger partial charge in [0.2, 0.25) is 5.91 Å². The van der Waals surface area contributed by atoms with Gasteiger partial charge in [0.1, 0.15) is 11.8 Å². The molecule has 4 rings (SSSR count). The topological polar surface area (TPSA) is 58.6 Å². The van der Waals surface area contributed by atoms with Crippen molar-refractivity contribution >= 4 is 46.6 Å². The minimum atomic E-state index is -0.754. The van der Waals surface area contributed by atoms with Crippen molar-refractivity contribution in [1.82, 2.24) is 10.2 Å². The number of amides is 2. The van der Waals surface area contributed by atoms with Crippen LogP contribution >= 0.6 is 34.8 Å². The van der Waals surface area contributed by atoms with E-state index in [2.05, 4.69) is 5.32 Å². The molecule has 0 spiro atoms. The van der Waals surface area contributed by atoms with E-state index >= 15 is 0 Å². The summed E-state index contributed by atoms with van der Waals surface area (Å²) in [4.78, 5) is 28.9. The molecule has 1 atom stereocenters. The monoisotopic (exact) mass is 558 g/mol. The summed E-state index contributed by atoms with van der Waals surface area (Å²) < 4.78 is 5.77. The first-order valence-corrected chi connectivity index (χ1v) is 13.5. The number of halogens is 3. The molecule has 1 aliphatic rings. The minimum Gasteiger partial charge on any atom is -0.482 e. The van der Waals surface area contributed by atoms with Gasteiger partial charge in [0.05, 0.1) is 5.02 Å². The van der Waals surface area contributed by atoms with Crippen molar-refractivity contribution in [2.75, 3.05) is 6.61 Å². The highest BCUT2D eigenvalue weighted by Gasteiger charge is 2.32. The van der Waals surface area contributed by atoms with E-state index in [-0.39, 0.29) is 31.0 Å². The molecule has 0 radical (unpaired) electrons. The summed E-state index contributed by atoms with van der Waals surface area (Å²) in [5.41, 5.74) is 1.70. The van der Waals surface area contributed by atoms with Crippen LogP contribution in [0.1, 0.15) is 36.8 Å². The molecule has 0 aliphatic heterocycles. The van der Waals surface area contributed by atoms with Crippen LogP contribution in [-0.2, 0) is 22.6 Å². The Hall–Kier alpha value is -2.73. The van der Waals surface area contributed by atoms with Crippen LogP contribution in [0, 0.1) is 0 Å². The van der Waals surface area contributed by atoms with Gasteiger partial charge in [0.15, 0.2) is 6.61 Å². The number of benzene rings is 3. The van der Waals surface area contributed by atoms with Crippen LogP contribution in [0.15, 0.2) is 72.8 Å². The highest BCUT2D eigenvalue weighted by atomic mass is 35.5. The van der Waals surface area contributed by atoms with Gasteiger partial charge in [-0.15, -0.1) is 0 Å². The molecule has 2 amide bonds. The van der Waals surface area contributed by atoms with Gasteiger partial charge in [-0.3, -0.25) is 9.59 Å². The summed E-state index contributed by atoms with van der Waals surface area (Å²) in [6, 6.07) is 21.2. The summed E-state index contributed by atoms with van der Waals surface area (Å²) in [5.74, 6) is -0.193. The van der Waals surface area contributed by atoms with Gasteiger partial charge in [0, 0.05) is 29.1 Å². The largest absolute Gasteiger partial charge is 0.482 e. The second-order valence-corrected chi connectivity index (χ2v) is 10.4. The molecular formula is C29H29Cl3N2O3. The first-order chi connectivity index (χ1) is 17.9. The van der Waals surface area contributed by atoms with Crippen LogP contribution in [0.25, 0.3) is 0 Å². The molecule has 0 heterocycles. The maximum Gasteiger partial charge on any atom is 0.261 e. The molecule has 1 saturated carbocycles. The lowest BCUT2D eigenvalue weighted by atomic mass is 10.0. The third-order valence-electron chi connectivity index (χ3n) is 6.52. The molecule has 0 aromatic heterocycles. The average Bonchev–Trinajstić information content (AvgIpc) is 3.40. The zero-order valence-electron chi connectivity index (χ0n) is 20.3. The smallest absolute Gasteiger partial charge is 0.261 e. The number of hydrogen-bond acceptors (Lipinski definition) is 3. The lowest BCUT2D eigenvalue weighted by Gasteiger charge is -2.32. The maximum absolute atomic E-state index is 13.7. The Morgan fingerprint density at radius 2 is 1.62 bits per heavy atom. The van der Waals surface area contributed by atoms with Gasteiger partial charge in [-0.2, -0.15) is 0 Å².